The summed E-state index contributed by atoms with van der Waals surface area (Å²) in [5.41, 5.74) is 4.75. The molecule has 2 unspecified atom stereocenters. The van der Waals surface area contributed by atoms with E-state index in [4.69, 9.17) is 0 Å². The highest BCUT2D eigenvalue weighted by molar-refractivity contribution is 6.26. The minimum Gasteiger partial charge on any atom is -0.207 e. The van der Waals surface area contributed by atoms with Crippen molar-refractivity contribution >= 4 is 11.4 Å². The molecule has 0 amide bonds. The Labute approximate surface area is 165 Å². The zero-order valence-electron chi connectivity index (χ0n) is 15.2. The Hall–Kier alpha value is -3.90. The molecule has 0 saturated carbocycles. The van der Waals surface area contributed by atoms with E-state index in [0.29, 0.717) is 22.6 Å². The average molecular weight is 382 g/mol. The second-order valence-corrected chi connectivity index (χ2v) is 7.44. The van der Waals surface area contributed by atoms with Crippen LogP contribution in [0.15, 0.2) is 64.4 Å². The molecule has 0 aromatic heterocycles. The first-order valence-electron chi connectivity index (χ1n) is 8.97. The molecule has 4 nitrogen and oxygen atoms in total. The molecule has 2 atom stereocenters. The second-order valence-electron chi connectivity index (χ2n) is 7.44. The van der Waals surface area contributed by atoms with Gasteiger partial charge in [-0.05, 0) is 53.1 Å². The van der Waals surface area contributed by atoms with E-state index in [1.54, 1.807) is 18.3 Å². The number of hydrogen-bond donors (Lipinski definition) is 0. The second kappa shape index (κ2) is 5.80. The van der Waals surface area contributed by atoms with Gasteiger partial charge in [-0.25, -0.2) is 8.78 Å². The molecule has 0 bridgehead atoms. The minimum absolute atomic E-state index is 0.369. The molecule has 0 saturated heterocycles. The van der Waals surface area contributed by atoms with Gasteiger partial charge < -0.3 is 0 Å². The molecule has 6 heteroatoms. The quantitative estimate of drug-likeness (QED) is 0.529. The van der Waals surface area contributed by atoms with Crippen molar-refractivity contribution in [3.8, 4) is 23.5 Å². The van der Waals surface area contributed by atoms with E-state index >= 15 is 0 Å². The van der Waals surface area contributed by atoms with E-state index in [0.717, 1.165) is 22.3 Å². The molecular formula is C23H12F2N4. The van der Waals surface area contributed by atoms with Crippen molar-refractivity contribution in [3.63, 3.8) is 0 Å². The monoisotopic (exact) mass is 382 g/mol. The Bertz CT molecular complexity index is 1320. The van der Waals surface area contributed by atoms with Gasteiger partial charge >= 0.3 is 0 Å². The van der Waals surface area contributed by atoms with Gasteiger partial charge in [0.1, 0.15) is 11.6 Å². The normalized spacial score (nSPS) is 25.7. The maximum atomic E-state index is 14.0. The molecule has 138 valence electrons. The van der Waals surface area contributed by atoms with Crippen LogP contribution < -0.4 is 0 Å². The molecule has 29 heavy (non-hydrogen) atoms. The third kappa shape index (κ3) is 2.20. The fourth-order valence-corrected chi connectivity index (χ4v) is 4.65. The molecule has 0 N–H and O–H groups in total. The summed E-state index contributed by atoms with van der Waals surface area (Å²) < 4.78 is 27.9. The molecule has 0 heterocycles. The topological polar surface area (TPSA) is 72.3 Å². The smallest absolute Gasteiger partial charge is 0.206 e. The first kappa shape index (κ1) is 17.2. The van der Waals surface area contributed by atoms with Gasteiger partial charge in [0.15, 0.2) is 0 Å². The molecule has 2 aromatic rings. The zero-order chi connectivity index (χ0) is 20.3. The van der Waals surface area contributed by atoms with Gasteiger partial charge in [-0.15, -0.1) is 0 Å². The third-order valence-corrected chi connectivity index (χ3v) is 5.98. The van der Waals surface area contributed by atoms with Crippen LogP contribution in [0, 0.1) is 34.6 Å². The highest BCUT2D eigenvalue weighted by atomic mass is 19.1. The summed E-state index contributed by atoms with van der Waals surface area (Å²) in [5, 5.41) is 18.4. The van der Waals surface area contributed by atoms with E-state index in [1.165, 1.54) is 24.3 Å². The van der Waals surface area contributed by atoms with Gasteiger partial charge in [-0.2, -0.15) is 20.5 Å². The van der Waals surface area contributed by atoms with Crippen molar-refractivity contribution in [3.05, 3.63) is 82.5 Å². The lowest BCUT2D eigenvalue weighted by Gasteiger charge is -2.29. The molecule has 3 aliphatic rings. The van der Waals surface area contributed by atoms with Gasteiger partial charge in [0.25, 0.3) is 0 Å². The SMILES string of the molecule is CC12C=CC(F)=CC1C(=NC#N)c1cc3c(cc12)C(=NC#N)c1cc(F)ccc1-3. The summed E-state index contributed by atoms with van der Waals surface area (Å²) in [6.45, 7) is 1.96. The Morgan fingerprint density at radius 3 is 2.45 bits per heavy atom. The number of nitrogens with zero attached hydrogens (tertiary/aromatic N) is 4. The van der Waals surface area contributed by atoms with Gasteiger partial charge in [0, 0.05) is 28.0 Å². The van der Waals surface area contributed by atoms with Crippen molar-refractivity contribution < 1.29 is 8.78 Å². The predicted octanol–water partition coefficient (Wildman–Crippen LogP) is 4.71. The first-order chi connectivity index (χ1) is 14.0. The number of aliphatic imine (C=N–C) groups is 2. The first-order valence-corrected chi connectivity index (χ1v) is 8.97. The Morgan fingerprint density at radius 1 is 0.931 bits per heavy atom. The lowest BCUT2D eigenvalue weighted by molar-refractivity contribution is 0.517. The zero-order valence-corrected chi connectivity index (χ0v) is 15.2. The molecule has 2 aromatic carbocycles. The number of hydrogen-bond acceptors (Lipinski definition) is 4. The molecule has 0 fully saturated rings. The van der Waals surface area contributed by atoms with Crippen LogP contribution in [-0.2, 0) is 5.41 Å². The van der Waals surface area contributed by atoms with Crippen LogP contribution in [0.2, 0.25) is 0 Å². The van der Waals surface area contributed by atoms with Crippen molar-refractivity contribution in [2.45, 2.75) is 12.3 Å². The van der Waals surface area contributed by atoms with Crippen molar-refractivity contribution in [2.24, 2.45) is 15.9 Å². The largest absolute Gasteiger partial charge is 0.207 e. The summed E-state index contributed by atoms with van der Waals surface area (Å²) in [6, 6.07) is 8.18. The fourth-order valence-electron chi connectivity index (χ4n) is 4.65. The summed E-state index contributed by atoms with van der Waals surface area (Å²) in [6.07, 6.45) is 8.31. The van der Waals surface area contributed by atoms with E-state index in [9.17, 15) is 19.3 Å². The van der Waals surface area contributed by atoms with Crippen molar-refractivity contribution in [1.29, 1.82) is 10.5 Å². The predicted molar refractivity (Wildman–Crippen MR) is 104 cm³/mol. The number of rotatable bonds is 0. The lowest BCUT2D eigenvalue weighted by atomic mass is 9.73. The molecular weight excluding hydrogens is 370 g/mol. The van der Waals surface area contributed by atoms with Gasteiger partial charge in [0.2, 0.25) is 12.4 Å². The molecule has 5 rings (SSSR count). The number of allylic oxidation sites excluding steroid dienone is 4. The van der Waals surface area contributed by atoms with E-state index in [1.807, 2.05) is 25.2 Å². The number of benzene rings is 2. The highest BCUT2D eigenvalue weighted by Crippen LogP contribution is 2.51. The van der Waals surface area contributed by atoms with Crippen LogP contribution in [0.5, 0.6) is 0 Å². The van der Waals surface area contributed by atoms with Gasteiger partial charge in [0.05, 0.1) is 11.4 Å². The van der Waals surface area contributed by atoms with Crippen LogP contribution in [0.1, 0.15) is 29.2 Å². The molecule has 3 aliphatic carbocycles. The Kier molecular flexibility index (Phi) is 3.44. The van der Waals surface area contributed by atoms with Crippen LogP contribution in [0.25, 0.3) is 11.1 Å². The number of fused-ring (bicyclic) bond motifs is 6. The maximum Gasteiger partial charge on any atom is 0.206 e. The Morgan fingerprint density at radius 2 is 1.69 bits per heavy atom. The minimum atomic E-state index is -0.590. The maximum absolute atomic E-state index is 14.0. The van der Waals surface area contributed by atoms with Crippen molar-refractivity contribution in [2.75, 3.05) is 0 Å². The number of halogens is 2. The molecule has 0 radical (unpaired) electrons. The average Bonchev–Trinajstić information content (AvgIpc) is 3.12. The summed E-state index contributed by atoms with van der Waals surface area (Å²) >= 11 is 0. The summed E-state index contributed by atoms with van der Waals surface area (Å²) in [4.78, 5) is 7.96. The van der Waals surface area contributed by atoms with Crippen LogP contribution in [0.3, 0.4) is 0 Å². The third-order valence-electron chi connectivity index (χ3n) is 5.98. The summed E-state index contributed by atoms with van der Waals surface area (Å²) in [7, 11) is 0. The van der Waals surface area contributed by atoms with Gasteiger partial charge in [-0.1, -0.05) is 19.1 Å². The summed E-state index contributed by atoms with van der Waals surface area (Å²) in [5.74, 6) is -1.19. The van der Waals surface area contributed by atoms with Crippen LogP contribution in [-0.4, -0.2) is 11.4 Å². The lowest BCUT2D eigenvalue weighted by Crippen LogP contribution is -2.29. The highest BCUT2D eigenvalue weighted by Gasteiger charge is 2.47. The molecule has 0 aliphatic heterocycles. The number of nitriles is 2. The van der Waals surface area contributed by atoms with E-state index in [2.05, 4.69) is 9.98 Å². The molecule has 0 spiro atoms. The Balaban J connectivity index is 1.84. The van der Waals surface area contributed by atoms with Crippen LogP contribution in [0.4, 0.5) is 8.78 Å². The van der Waals surface area contributed by atoms with Crippen LogP contribution >= 0.6 is 0 Å². The fraction of sp³-hybridized carbons (Fsp3) is 0.130. The van der Waals surface area contributed by atoms with Gasteiger partial charge in [-0.3, -0.25) is 0 Å². The van der Waals surface area contributed by atoms with Crippen molar-refractivity contribution in [1.82, 2.24) is 0 Å². The van der Waals surface area contributed by atoms with E-state index < -0.39 is 17.2 Å². The standard InChI is InChI=1S/C23H12F2N4/c1-23-5-4-13(25)7-20(23)22(29-11-27)18-8-15-14-3-2-12(24)6-16(14)21(28-10-26)17(15)9-19(18)23/h2-9,20H,1H3. The van der Waals surface area contributed by atoms with E-state index in [-0.39, 0.29) is 5.83 Å².